The largest absolute Gasteiger partial charge is 0.398 e. The van der Waals surface area contributed by atoms with Crippen LogP contribution in [0.15, 0.2) is 23.1 Å². The van der Waals surface area contributed by atoms with Crippen LogP contribution in [0, 0.1) is 6.07 Å². The van der Waals surface area contributed by atoms with Gasteiger partial charge in [-0.3, -0.25) is 0 Å². The third kappa shape index (κ3) is 0.954. The zero-order valence-electron chi connectivity index (χ0n) is 4.26. The summed E-state index contributed by atoms with van der Waals surface area (Å²) >= 11 is 4.02. The van der Waals surface area contributed by atoms with Crippen LogP contribution in [0.1, 0.15) is 0 Å². The fourth-order valence-corrected chi connectivity index (χ4v) is 0.590. The number of anilines is 1. The van der Waals surface area contributed by atoms with Crippen LogP contribution in [-0.4, -0.2) is 0 Å². The average Bonchev–Trinajstić information content (AvgIpc) is 1.77. The van der Waals surface area contributed by atoms with E-state index in [1.165, 1.54) is 0 Å². The Hall–Kier alpha value is -0.630. The van der Waals surface area contributed by atoms with E-state index in [-0.39, 0.29) is 0 Å². The second-order valence-electron chi connectivity index (χ2n) is 1.47. The highest BCUT2D eigenvalue weighted by Gasteiger charge is 1.86. The molecule has 2 N–H and O–H groups in total. The summed E-state index contributed by atoms with van der Waals surface area (Å²) in [4.78, 5) is 0.715. The van der Waals surface area contributed by atoms with Gasteiger partial charge in [-0.1, -0.05) is 12.1 Å². The monoisotopic (exact) mass is 124 g/mol. The fraction of sp³-hybridized carbons (Fsp3) is 0. The van der Waals surface area contributed by atoms with E-state index in [4.69, 9.17) is 5.73 Å². The molecule has 0 aliphatic rings. The van der Waals surface area contributed by atoms with Crippen molar-refractivity contribution in [2.24, 2.45) is 0 Å². The summed E-state index contributed by atoms with van der Waals surface area (Å²) in [6.45, 7) is 0. The molecule has 0 bridgehead atoms. The third-order valence-corrected chi connectivity index (χ3v) is 1.25. The molecular formula is C6H6NS. The molecular weight excluding hydrogens is 118 g/mol. The lowest BCUT2D eigenvalue weighted by molar-refractivity contribution is 1.46. The minimum atomic E-state index is 0.677. The van der Waals surface area contributed by atoms with Crippen LogP contribution in [0.3, 0.4) is 0 Å². The van der Waals surface area contributed by atoms with E-state index in [0.29, 0.717) is 10.6 Å². The van der Waals surface area contributed by atoms with Gasteiger partial charge in [-0.15, -0.1) is 12.6 Å². The molecule has 8 heavy (non-hydrogen) atoms. The van der Waals surface area contributed by atoms with Crippen LogP contribution >= 0.6 is 12.6 Å². The van der Waals surface area contributed by atoms with Gasteiger partial charge in [0.25, 0.3) is 0 Å². The number of nitrogen functional groups attached to an aromatic ring is 1. The first-order valence-electron chi connectivity index (χ1n) is 2.26. The van der Waals surface area contributed by atoms with Crippen molar-refractivity contribution in [2.45, 2.75) is 4.90 Å². The van der Waals surface area contributed by atoms with E-state index in [2.05, 4.69) is 18.7 Å². The van der Waals surface area contributed by atoms with Crippen LogP contribution in [0.5, 0.6) is 0 Å². The molecule has 2 heteroatoms. The highest BCUT2D eigenvalue weighted by Crippen LogP contribution is 2.12. The number of thiol groups is 1. The molecule has 0 aromatic heterocycles. The van der Waals surface area contributed by atoms with Gasteiger partial charge in [0.2, 0.25) is 0 Å². The first kappa shape index (κ1) is 5.51. The van der Waals surface area contributed by atoms with E-state index in [1.807, 2.05) is 6.07 Å². The molecule has 1 aromatic carbocycles. The van der Waals surface area contributed by atoms with Gasteiger partial charge < -0.3 is 5.73 Å². The lowest BCUT2D eigenvalue weighted by Gasteiger charge is -1.92. The van der Waals surface area contributed by atoms with Crippen molar-refractivity contribution in [2.75, 3.05) is 5.73 Å². The Morgan fingerprint density at radius 2 is 2.38 bits per heavy atom. The van der Waals surface area contributed by atoms with E-state index < -0.39 is 0 Å². The summed E-state index contributed by atoms with van der Waals surface area (Å²) in [6, 6.07) is 8.23. The van der Waals surface area contributed by atoms with Gasteiger partial charge >= 0.3 is 0 Å². The smallest absolute Gasteiger partial charge is 0.0455 e. The predicted octanol–water partition coefficient (Wildman–Crippen LogP) is 1.36. The second-order valence-corrected chi connectivity index (χ2v) is 1.92. The number of nitrogens with two attached hydrogens (primary N) is 1. The van der Waals surface area contributed by atoms with Crippen LogP contribution in [-0.2, 0) is 0 Å². The Bertz CT molecular complexity index is 165. The minimum absolute atomic E-state index is 0.677. The number of rotatable bonds is 0. The van der Waals surface area contributed by atoms with Crippen molar-refractivity contribution in [3.63, 3.8) is 0 Å². The lowest BCUT2D eigenvalue weighted by atomic mass is 10.3. The van der Waals surface area contributed by atoms with Crippen LogP contribution in [0.2, 0.25) is 0 Å². The van der Waals surface area contributed by atoms with Crippen LogP contribution in [0.25, 0.3) is 0 Å². The maximum absolute atomic E-state index is 5.41. The lowest BCUT2D eigenvalue weighted by Crippen LogP contribution is -1.83. The van der Waals surface area contributed by atoms with Crippen molar-refractivity contribution in [3.05, 3.63) is 24.3 Å². The Kier molecular flexibility index (Phi) is 1.44. The molecule has 1 radical (unpaired) electrons. The average molecular weight is 124 g/mol. The van der Waals surface area contributed by atoms with Gasteiger partial charge in [0.15, 0.2) is 0 Å². The van der Waals surface area contributed by atoms with Crippen molar-refractivity contribution in [3.8, 4) is 0 Å². The molecule has 0 heterocycles. The first-order valence-corrected chi connectivity index (χ1v) is 2.70. The Balaban J connectivity index is 3.13. The summed E-state index contributed by atoms with van der Waals surface area (Å²) in [5.74, 6) is 0. The Morgan fingerprint density at radius 3 is 2.75 bits per heavy atom. The van der Waals surface area contributed by atoms with E-state index in [0.717, 1.165) is 0 Å². The molecule has 0 saturated carbocycles. The summed E-state index contributed by atoms with van der Waals surface area (Å²) in [5, 5.41) is 0. The number of hydrogen-bond acceptors (Lipinski definition) is 2. The Labute approximate surface area is 53.9 Å². The number of benzene rings is 1. The van der Waals surface area contributed by atoms with Crippen molar-refractivity contribution < 1.29 is 0 Å². The van der Waals surface area contributed by atoms with Gasteiger partial charge in [0.1, 0.15) is 0 Å². The normalized spacial score (nSPS) is 9.12. The maximum Gasteiger partial charge on any atom is 0.0455 e. The van der Waals surface area contributed by atoms with Gasteiger partial charge in [-0.2, -0.15) is 0 Å². The molecule has 0 atom stereocenters. The highest BCUT2D eigenvalue weighted by molar-refractivity contribution is 7.80. The third-order valence-electron chi connectivity index (χ3n) is 0.865. The van der Waals surface area contributed by atoms with E-state index in [1.54, 1.807) is 12.1 Å². The maximum atomic E-state index is 5.41. The molecule has 0 unspecified atom stereocenters. The molecule has 0 fully saturated rings. The first-order chi connectivity index (χ1) is 3.80. The summed E-state index contributed by atoms with van der Waals surface area (Å²) in [6.07, 6.45) is 0. The predicted molar refractivity (Wildman–Crippen MR) is 36.9 cm³/mol. The molecule has 1 aromatic rings. The highest BCUT2D eigenvalue weighted by atomic mass is 32.1. The van der Waals surface area contributed by atoms with Gasteiger partial charge in [0, 0.05) is 10.6 Å². The topological polar surface area (TPSA) is 26.0 Å². The molecule has 41 valence electrons. The molecule has 0 aliphatic heterocycles. The van der Waals surface area contributed by atoms with Crippen LogP contribution < -0.4 is 5.73 Å². The number of hydrogen-bond donors (Lipinski definition) is 2. The summed E-state index contributed by atoms with van der Waals surface area (Å²) in [5.41, 5.74) is 6.09. The van der Waals surface area contributed by atoms with E-state index >= 15 is 0 Å². The van der Waals surface area contributed by atoms with Crippen LogP contribution in [0.4, 0.5) is 5.69 Å². The molecule has 0 spiro atoms. The van der Waals surface area contributed by atoms with E-state index in [9.17, 15) is 0 Å². The summed E-state index contributed by atoms with van der Waals surface area (Å²) in [7, 11) is 0. The van der Waals surface area contributed by atoms with Gasteiger partial charge in [0.05, 0.1) is 0 Å². The second kappa shape index (κ2) is 2.09. The standard InChI is InChI=1S/C6H6NS/c7-5-3-1-2-4-6(5)8/h1-3,8H,7H2. The SMILES string of the molecule is Nc1ccc[c]c1S. The minimum Gasteiger partial charge on any atom is -0.398 e. The fourth-order valence-electron chi connectivity index (χ4n) is 0.441. The van der Waals surface area contributed by atoms with Gasteiger partial charge in [-0.25, -0.2) is 0 Å². The van der Waals surface area contributed by atoms with Crippen molar-refractivity contribution in [1.82, 2.24) is 0 Å². The molecule has 0 aliphatic carbocycles. The molecule has 0 saturated heterocycles. The van der Waals surface area contributed by atoms with Gasteiger partial charge in [-0.05, 0) is 12.1 Å². The molecule has 1 nitrogen and oxygen atoms in total. The quantitative estimate of drug-likeness (QED) is 0.396. The van der Waals surface area contributed by atoms with Crippen molar-refractivity contribution >= 4 is 18.3 Å². The molecule has 0 amide bonds. The zero-order valence-corrected chi connectivity index (χ0v) is 5.15. The zero-order chi connectivity index (χ0) is 5.98. The Morgan fingerprint density at radius 1 is 1.62 bits per heavy atom. The van der Waals surface area contributed by atoms with Crippen molar-refractivity contribution in [1.29, 1.82) is 0 Å². The molecule has 1 rings (SSSR count). The summed E-state index contributed by atoms with van der Waals surface area (Å²) < 4.78 is 0.